The van der Waals surface area contributed by atoms with Crippen LogP contribution in [0.5, 0.6) is 0 Å². The lowest BCUT2D eigenvalue weighted by molar-refractivity contribution is -0.127. The van der Waals surface area contributed by atoms with E-state index in [1.807, 2.05) is 13.0 Å². The van der Waals surface area contributed by atoms with Crippen LogP contribution in [0.15, 0.2) is 12.3 Å². The lowest BCUT2D eigenvalue weighted by Gasteiger charge is -2.31. The Morgan fingerprint density at radius 3 is 2.57 bits per heavy atom. The van der Waals surface area contributed by atoms with Crippen molar-refractivity contribution >= 4 is 5.91 Å². The molecule has 128 valence electrons. The van der Waals surface area contributed by atoms with Gasteiger partial charge in [-0.1, -0.05) is 12.8 Å². The average molecular weight is 318 g/mol. The number of rotatable bonds is 5. The number of carbonyl (C=O) groups excluding carboxylic acids is 1. The fourth-order valence-corrected chi connectivity index (χ4v) is 4.28. The van der Waals surface area contributed by atoms with Crippen LogP contribution >= 0.6 is 0 Å². The fraction of sp³-hybridized carbons (Fsp3) is 0.778. The van der Waals surface area contributed by atoms with E-state index >= 15 is 0 Å². The molecule has 1 N–H and O–H groups in total. The third kappa shape index (κ3) is 3.60. The van der Waals surface area contributed by atoms with E-state index in [0.29, 0.717) is 24.7 Å². The number of amides is 1. The summed E-state index contributed by atoms with van der Waals surface area (Å²) in [5, 5.41) is 7.70. The predicted molar refractivity (Wildman–Crippen MR) is 91.0 cm³/mol. The van der Waals surface area contributed by atoms with Crippen molar-refractivity contribution in [3.63, 3.8) is 0 Å². The molecule has 3 atom stereocenters. The van der Waals surface area contributed by atoms with Gasteiger partial charge in [0.25, 0.3) is 0 Å². The highest BCUT2D eigenvalue weighted by molar-refractivity contribution is 5.81. The molecule has 0 unspecified atom stereocenters. The molecule has 0 spiro atoms. The van der Waals surface area contributed by atoms with Crippen LogP contribution in [0.2, 0.25) is 0 Å². The first kappa shape index (κ1) is 16.5. The first-order valence-corrected chi connectivity index (χ1v) is 9.15. The Bertz CT molecular complexity index is 525. The summed E-state index contributed by atoms with van der Waals surface area (Å²) in [5.74, 6) is 0.112. The van der Waals surface area contributed by atoms with Gasteiger partial charge >= 0.3 is 0 Å². The number of hydrogen-bond donors (Lipinski definition) is 1. The molecule has 0 aromatic carbocycles. The summed E-state index contributed by atoms with van der Waals surface area (Å²) >= 11 is 0. The number of hydrogen-bond acceptors (Lipinski definition) is 3. The van der Waals surface area contributed by atoms with Gasteiger partial charge < -0.3 is 5.32 Å². The molecule has 5 nitrogen and oxygen atoms in total. The Labute approximate surface area is 139 Å². The van der Waals surface area contributed by atoms with Crippen LogP contribution in [-0.2, 0) is 11.3 Å². The normalized spacial score (nSPS) is 27.4. The van der Waals surface area contributed by atoms with E-state index in [0.717, 1.165) is 5.69 Å². The summed E-state index contributed by atoms with van der Waals surface area (Å²) in [6.45, 7) is 6.98. The van der Waals surface area contributed by atoms with Crippen LogP contribution in [0.3, 0.4) is 0 Å². The maximum atomic E-state index is 12.5. The van der Waals surface area contributed by atoms with Gasteiger partial charge in [0.15, 0.2) is 0 Å². The highest BCUT2D eigenvalue weighted by Crippen LogP contribution is 2.29. The highest BCUT2D eigenvalue weighted by Gasteiger charge is 2.34. The number of carbonyl (C=O) groups is 1. The Balaban J connectivity index is 1.52. The third-order valence-electron chi connectivity index (χ3n) is 5.65. The summed E-state index contributed by atoms with van der Waals surface area (Å²) in [6.07, 6.45) is 9.51. The summed E-state index contributed by atoms with van der Waals surface area (Å²) in [7, 11) is 0. The van der Waals surface area contributed by atoms with Crippen molar-refractivity contribution in [2.45, 2.75) is 90.0 Å². The Morgan fingerprint density at radius 1 is 1.26 bits per heavy atom. The highest BCUT2D eigenvalue weighted by atomic mass is 16.2. The number of aromatic nitrogens is 2. The van der Waals surface area contributed by atoms with Gasteiger partial charge in [0.1, 0.15) is 0 Å². The van der Waals surface area contributed by atoms with Gasteiger partial charge in [-0.3, -0.25) is 14.4 Å². The van der Waals surface area contributed by atoms with Gasteiger partial charge in [-0.25, -0.2) is 0 Å². The van der Waals surface area contributed by atoms with Crippen molar-refractivity contribution in [3.05, 3.63) is 18.0 Å². The molecule has 1 aromatic rings. The van der Waals surface area contributed by atoms with Gasteiger partial charge in [0, 0.05) is 18.3 Å². The second-order valence-corrected chi connectivity index (χ2v) is 7.34. The van der Waals surface area contributed by atoms with Crippen molar-refractivity contribution in [1.82, 2.24) is 20.0 Å². The van der Waals surface area contributed by atoms with Gasteiger partial charge in [-0.15, -0.1) is 0 Å². The Morgan fingerprint density at radius 2 is 1.91 bits per heavy atom. The second-order valence-electron chi connectivity index (χ2n) is 7.34. The van der Waals surface area contributed by atoms with E-state index < -0.39 is 0 Å². The Kier molecular flexibility index (Phi) is 5.05. The van der Waals surface area contributed by atoms with Crippen molar-refractivity contribution in [3.8, 4) is 0 Å². The van der Waals surface area contributed by atoms with Crippen LogP contribution in [0, 0.1) is 0 Å². The van der Waals surface area contributed by atoms with E-state index in [9.17, 15) is 4.79 Å². The maximum absolute atomic E-state index is 12.5. The number of nitrogens with one attached hydrogen (secondary N) is 1. The predicted octanol–water partition coefficient (Wildman–Crippen LogP) is 2.88. The lowest BCUT2D eigenvalue weighted by atomic mass is 10.2. The minimum absolute atomic E-state index is 0.0700. The van der Waals surface area contributed by atoms with Crippen molar-refractivity contribution in [2.75, 3.05) is 0 Å². The van der Waals surface area contributed by atoms with Gasteiger partial charge in [-0.2, -0.15) is 5.10 Å². The molecule has 1 aliphatic heterocycles. The molecule has 2 fully saturated rings. The molecule has 2 aliphatic rings. The second kappa shape index (κ2) is 7.04. The van der Waals surface area contributed by atoms with Crippen LogP contribution in [0.25, 0.3) is 0 Å². The molecule has 1 amide bonds. The van der Waals surface area contributed by atoms with E-state index in [-0.39, 0.29) is 11.9 Å². The smallest absolute Gasteiger partial charge is 0.237 e. The molecule has 23 heavy (non-hydrogen) atoms. The van der Waals surface area contributed by atoms with Crippen molar-refractivity contribution in [2.24, 2.45) is 0 Å². The van der Waals surface area contributed by atoms with Gasteiger partial charge in [0.05, 0.1) is 24.3 Å². The van der Waals surface area contributed by atoms with Crippen LogP contribution < -0.4 is 5.32 Å². The van der Waals surface area contributed by atoms with Gasteiger partial charge in [-0.05, 0) is 52.5 Å². The third-order valence-corrected chi connectivity index (χ3v) is 5.65. The summed E-state index contributed by atoms with van der Waals surface area (Å²) in [6, 6.07) is 3.51. The molecule has 1 aromatic heterocycles. The van der Waals surface area contributed by atoms with Crippen molar-refractivity contribution in [1.29, 1.82) is 0 Å². The lowest BCUT2D eigenvalue weighted by Crippen LogP contribution is -2.48. The summed E-state index contributed by atoms with van der Waals surface area (Å²) < 4.78 is 2.09. The summed E-state index contributed by atoms with van der Waals surface area (Å²) in [4.78, 5) is 14.8. The molecule has 1 saturated heterocycles. The molecule has 0 radical (unpaired) electrons. The topological polar surface area (TPSA) is 50.2 Å². The fourth-order valence-electron chi connectivity index (χ4n) is 4.28. The first-order chi connectivity index (χ1) is 11.1. The molecule has 0 bridgehead atoms. The van der Waals surface area contributed by atoms with Crippen LogP contribution in [0.1, 0.15) is 71.0 Å². The average Bonchev–Trinajstić information content (AvgIpc) is 3.25. The zero-order valence-electron chi connectivity index (χ0n) is 14.7. The number of nitrogens with zero attached hydrogens (tertiary/aromatic N) is 3. The first-order valence-electron chi connectivity index (χ1n) is 9.15. The molecule has 2 heterocycles. The van der Waals surface area contributed by atoms with E-state index in [2.05, 4.69) is 40.0 Å². The molecule has 1 saturated carbocycles. The minimum Gasteiger partial charge on any atom is -0.349 e. The number of likely N-dealkylation sites (tertiary alicyclic amines) is 1. The van der Waals surface area contributed by atoms with E-state index in [4.69, 9.17) is 0 Å². The quantitative estimate of drug-likeness (QED) is 0.908. The molecule has 5 heteroatoms. The van der Waals surface area contributed by atoms with Gasteiger partial charge in [0.2, 0.25) is 5.91 Å². The molecular weight excluding hydrogens is 288 g/mol. The maximum Gasteiger partial charge on any atom is 0.237 e. The van der Waals surface area contributed by atoms with E-state index in [1.54, 1.807) is 0 Å². The molecular formula is C18H30N4O. The monoisotopic (exact) mass is 318 g/mol. The van der Waals surface area contributed by atoms with Crippen LogP contribution in [-0.4, -0.2) is 38.7 Å². The van der Waals surface area contributed by atoms with E-state index in [1.165, 1.54) is 38.5 Å². The zero-order valence-corrected chi connectivity index (χ0v) is 14.7. The minimum atomic E-state index is -0.0700. The summed E-state index contributed by atoms with van der Waals surface area (Å²) in [5.41, 5.74) is 0.958. The zero-order chi connectivity index (χ0) is 16.4. The van der Waals surface area contributed by atoms with Crippen molar-refractivity contribution < 1.29 is 4.79 Å². The largest absolute Gasteiger partial charge is 0.349 e. The SMILES string of the molecule is C[C@@H]1CC[C@H](C)N1[C@H](C)C(=O)NCc1ccn(C2CCCC2)n1. The molecule has 1 aliphatic carbocycles. The standard InChI is InChI=1S/C18H30N4O/c1-13-8-9-14(2)22(13)15(3)18(23)19-12-16-10-11-21(20-16)17-6-4-5-7-17/h10-11,13-15,17H,4-9,12H2,1-3H3,(H,19,23)/t13-,14+,15-/m1/s1. The Hall–Kier alpha value is -1.36. The van der Waals surface area contributed by atoms with Crippen LogP contribution in [0.4, 0.5) is 0 Å². The molecule has 3 rings (SSSR count).